The summed E-state index contributed by atoms with van der Waals surface area (Å²) >= 11 is 9.41. The van der Waals surface area contributed by atoms with Crippen LogP contribution < -0.4 is 10.1 Å². The molecule has 0 unspecified atom stereocenters. The SMILES string of the molecule is CCOc1ccc(Cl)cc1NCc1cncc(Br)c1. The molecule has 100 valence electrons. The summed E-state index contributed by atoms with van der Waals surface area (Å²) in [5.74, 6) is 0.801. The second-order valence-corrected chi connectivity index (χ2v) is 5.29. The number of nitrogens with zero attached hydrogens (tertiary/aromatic N) is 1. The topological polar surface area (TPSA) is 34.1 Å². The molecule has 1 aromatic carbocycles. The fraction of sp³-hybridized carbons (Fsp3) is 0.214. The molecule has 5 heteroatoms. The van der Waals surface area contributed by atoms with Gasteiger partial charge < -0.3 is 10.1 Å². The standard InChI is InChI=1S/C14H14BrClN2O/c1-2-19-14-4-3-12(16)6-13(14)18-8-10-5-11(15)9-17-7-10/h3-7,9,18H,2,8H2,1H3. The van der Waals surface area contributed by atoms with Crippen LogP contribution in [-0.4, -0.2) is 11.6 Å². The fourth-order valence-corrected chi connectivity index (χ4v) is 2.26. The minimum atomic E-state index is 0.620. The molecule has 0 aliphatic heterocycles. The van der Waals surface area contributed by atoms with E-state index in [9.17, 15) is 0 Å². The van der Waals surface area contributed by atoms with Crippen LogP contribution in [0, 0.1) is 0 Å². The highest BCUT2D eigenvalue weighted by molar-refractivity contribution is 9.10. The Balaban J connectivity index is 2.12. The van der Waals surface area contributed by atoms with Gasteiger partial charge in [-0.1, -0.05) is 11.6 Å². The van der Waals surface area contributed by atoms with Gasteiger partial charge in [0.05, 0.1) is 12.3 Å². The molecule has 0 saturated heterocycles. The Kier molecular flexibility index (Phi) is 5.05. The zero-order valence-electron chi connectivity index (χ0n) is 10.5. The molecule has 2 aromatic rings. The number of benzene rings is 1. The minimum absolute atomic E-state index is 0.620. The van der Waals surface area contributed by atoms with Crippen LogP contribution in [0.25, 0.3) is 0 Å². The smallest absolute Gasteiger partial charge is 0.142 e. The minimum Gasteiger partial charge on any atom is -0.492 e. The van der Waals surface area contributed by atoms with Crippen molar-refractivity contribution >= 4 is 33.2 Å². The number of nitrogens with one attached hydrogen (secondary N) is 1. The van der Waals surface area contributed by atoms with Gasteiger partial charge in [0, 0.05) is 28.4 Å². The second-order valence-electron chi connectivity index (χ2n) is 3.94. The first-order valence-corrected chi connectivity index (χ1v) is 7.12. The molecule has 0 saturated carbocycles. The number of halogens is 2. The molecular weight excluding hydrogens is 328 g/mol. The van der Waals surface area contributed by atoms with Gasteiger partial charge in [0.25, 0.3) is 0 Å². The Morgan fingerprint density at radius 1 is 1.32 bits per heavy atom. The van der Waals surface area contributed by atoms with Crippen LogP contribution in [0.15, 0.2) is 41.1 Å². The number of hydrogen-bond donors (Lipinski definition) is 1. The summed E-state index contributed by atoms with van der Waals surface area (Å²) in [5, 5.41) is 3.99. The molecular formula is C14H14BrClN2O. The van der Waals surface area contributed by atoms with Gasteiger partial charge >= 0.3 is 0 Å². The highest BCUT2D eigenvalue weighted by Crippen LogP contribution is 2.28. The third-order valence-electron chi connectivity index (χ3n) is 2.49. The Labute approximate surface area is 126 Å². The van der Waals surface area contributed by atoms with Gasteiger partial charge in [0.15, 0.2) is 0 Å². The van der Waals surface area contributed by atoms with E-state index >= 15 is 0 Å². The number of ether oxygens (including phenoxy) is 1. The molecule has 0 amide bonds. The third kappa shape index (κ3) is 4.11. The summed E-state index contributed by atoms with van der Waals surface area (Å²) in [7, 11) is 0. The lowest BCUT2D eigenvalue weighted by molar-refractivity contribution is 0.341. The van der Waals surface area contributed by atoms with Gasteiger partial charge in [-0.15, -0.1) is 0 Å². The van der Waals surface area contributed by atoms with Crippen molar-refractivity contribution in [3.63, 3.8) is 0 Å². The van der Waals surface area contributed by atoms with E-state index in [1.165, 1.54) is 0 Å². The summed E-state index contributed by atoms with van der Waals surface area (Å²) in [4.78, 5) is 4.13. The van der Waals surface area contributed by atoms with E-state index in [1.807, 2.05) is 37.4 Å². The van der Waals surface area contributed by atoms with Crippen LogP contribution >= 0.6 is 27.5 Å². The van der Waals surface area contributed by atoms with Crippen molar-refractivity contribution in [1.29, 1.82) is 0 Å². The Morgan fingerprint density at radius 2 is 2.16 bits per heavy atom. The van der Waals surface area contributed by atoms with E-state index in [2.05, 4.69) is 26.2 Å². The van der Waals surface area contributed by atoms with Crippen molar-refractivity contribution in [2.24, 2.45) is 0 Å². The third-order valence-corrected chi connectivity index (χ3v) is 3.15. The first-order chi connectivity index (χ1) is 9.19. The molecule has 1 heterocycles. The van der Waals surface area contributed by atoms with Crippen molar-refractivity contribution < 1.29 is 4.74 Å². The molecule has 0 aliphatic carbocycles. The maximum Gasteiger partial charge on any atom is 0.142 e. The maximum absolute atomic E-state index is 6.01. The van der Waals surface area contributed by atoms with E-state index in [4.69, 9.17) is 16.3 Å². The zero-order chi connectivity index (χ0) is 13.7. The normalized spacial score (nSPS) is 10.3. The van der Waals surface area contributed by atoms with Crippen LogP contribution in [0.3, 0.4) is 0 Å². The van der Waals surface area contributed by atoms with Crippen LogP contribution in [-0.2, 0) is 6.54 Å². The summed E-state index contributed by atoms with van der Waals surface area (Å²) in [5.41, 5.74) is 1.96. The van der Waals surface area contributed by atoms with Crippen molar-refractivity contribution in [2.45, 2.75) is 13.5 Å². The molecule has 1 N–H and O–H groups in total. The Morgan fingerprint density at radius 3 is 2.89 bits per heavy atom. The molecule has 19 heavy (non-hydrogen) atoms. The lowest BCUT2D eigenvalue weighted by Gasteiger charge is -2.12. The van der Waals surface area contributed by atoms with E-state index in [-0.39, 0.29) is 0 Å². The summed E-state index contributed by atoms with van der Waals surface area (Å²) < 4.78 is 6.52. The first-order valence-electron chi connectivity index (χ1n) is 5.94. The van der Waals surface area contributed by atoms with Crippen molar-refractivity contribution in [3.8, 4) is 5.75 Å². The molecule has 2 rings (SSSR count). The Hall–Kier alpha value is -1.26. The van der Waals surface area contributed by atoms with E-state index in [0.29, 0.717) is 18.2 Å². The number of aromatic nitrogens is 1. The van der Waals surface area contributed by atoms with Crippen LogP contribution in [0.2, 0.25) is 5.02 Å². The maximum atomic E-state index is 6.01. The molecule has 0 bridgehead atoms. The van der Waals surface area contributed by atoms with Gasteiger partial charge in [-0.3, -0.25) is 4.98 Å². The highest BCUT2D eigenvalue weighted by atomic mass is 79.9. The lowest BCUT2D eigenvalue weighted by atomic mass is 10.2. The van der Waals surface area contributed by atoms with E-state index in [1.54, 1.807) is 6.20 Å². The summed E-state index contributed by atoms with van der Waals surface area (Å²) in [6.07, 6.45) is 3.58. The largest absolute Gasteiger partial charge is 0.492 e. The molecule has 0 radical (unpaired) electrons. The highest BCUT2D eigenvalue weighted by Gasteiger charge is 2.04. The van der Waals surface area contributed by atoms with E-state index < -0.39 is 0 Å². The molecule has 0 spiro atoms. The van der Waals surface area contributed by atoms with Crippen LogP contribution in [0.1, 0.15) is 12.5 Å². The van der Waals surface area contributed by atoms with Gasteiger partial charge in [-0.25, -0.2) is 0 Å². The summed E-state index contributed by atoms with van der Waals surface area (Å²) in [6.45, 7) is 3.23. The number of anilines is 1. The number of pyridine rings is 1. The van der Waals surface area contributed by atoms with Crippen molar-refractivity contribution in [2.75, 3.05) is 11.9 Å². The molecule has 0 atom stereocenters. The fourth-order valence-electron chi connectivity index (χ4n) is 1.67. The lowest BCUT2D eigenvalue weighted by Crippen LogP contribution is -2.03. The van der Waals surface area contributed by atoms with Gasteiger partial charge in [0.2, 0.25) is 0 Å². The number of rotatable bonds is 5. The average Bonchev–Trinajstić information content (AvgIpc) is 2.39. The zero-order valence-corrected chi connectivity index (χ0v) is 12.8. The monoisotopic (exact) mass is 340 g/mol. The van der Waals surface area contributed by atoms with Crippen molar-refractivity contribution in [3.05, 3.63) is 51.7 Å². The van der Waals surface area contributed by atoms with E-state index in [0.717, 1.165) is 21.5 Å². The van der Waals surface area contributed by atoms with Crippen LogP contribution in [0.4, 0.5) is 5.69 Å². The number of hydrogen-bond acceptors (Lipinski definition) is 3. The molecule has 1 aromatic heterocycles. The predicted octanol–water partition coefficient (Wildman–Crippen LogP) is 4.51. The van der Waals surface area contributed by atoms with Crippen molar-refractivity contribution in [1.82, 2.24) is 4.98 Å². The quantitative estimate of drug-likeness (QED) is 0.869. The molecule has 3 nitrogen and oxygen atoms in total. The van der Waals surface area contributed by atoms with Gasteiger partial charge in [-0.2, -0.15) is 0 Å². The first kappa shape index (κ1) is 14.2. The second kappa shape index (κ2) is 6.78. The van der Waals surface area contributed by atoms with Crippen LogP contribution in [0.5, 0.6) is 5.75 Å². The molecule has 0 aliphatic rings. The van der Waals surface area contributed by atoms with Gasteiger partial charge in [-0.05, 0) is 52.7 Å². The average molecular weight is 342 g/mol. The predicted molar refractivity (Wildman–Crippen MR) is 81.9 cm³/mol. The molecule has 0 fully saturated rings. The Bertz CT molecular complexity index is 563. The van der Waals surface area contributed by atoms with Gasteiger partial charge in [0.1, 0.15) is 5.75 Å². The summed E-state index contributed by atoms with van der Waals surface area (Å²) in [6, 6.07) is 7.56.